The average molecular weight is 528 g/mol. The van der Waals surface area contributed by atoms with E-state index in [-0.39, 0.29) is 25.2 Å². The number of rotatable bonds is 6. The number of amides is 2. The topological polar surface area (TPSA) is 90.8 Å². The second-order valence-corrected chi connectivity index (χ2v) is 10.3. The smallest absolute Gasteiger partial charge is 0.382 e. The highest BCUT2D eigenvalue weighted by Crippen LogP contribution is 2.38. The predicted octanol–water partition coefficient (Wildman–Crippen LogP) is 5.88. The molecule has 2 N–H and O–H groups in total. The van der Waals surface area contributed by atoms with E-state index in [0.29, 0.717) is 38.4 Å². The maximum absolute atomic E-state index is 13.2. The number of nitrogens with one attached hydrogen (secondary N) is 2. The lowest BCUT2D eigenvalue weighted by Crippen LogP contribution is -2.49. The molecule has 2 aliphatic heterocycles. The van der Waals surface area contributed by atoms with E-state index in [2.05, 4.69) is 15.5 Å². The minimum absolute atomic E-state index is 0. The summed E-state index contributed by atoms with van der Waals surface area (Å²) in [6.07, 6.45) is 5.27. The average Bonchev–Trinajstić information content (AvgIpc) is 2.88. The number of likely N-dealkylation sites (tertiary alicyclic amines) is 2. The van der Waals surface area contributed by atoms with E-state index in [9.17, 15) is 28.1 Å². The van der Waals surface area contributed by atoms with Crippen LogP contribution in [0.1, 0.15) is 70.8 Å². The Morgan fingerprint density at radius 1 is 1.00 bits per heavy atom. The SMILES string of the molecule is C.O=C(NCC1CCN(C2CCCCC2)CC1)N1CCC(Nc2ccc([N+](=O)[O-])c(C(F)(F)F)c2)CC1. The summed E-state index contributed by atoms with van der Waals surface area (Å²) in [5.74, 6) is 0.498. The third-order valence-electron chi connectivity index (χ3n) is 7.93. The van der Waals surface area contributed by atoms with Crippen molar-refractivity contribution in [2.24, 2.45) is 5.92 Å². The number of carbonyl (C=O) groups is 1. The monoisotopic (exact) mass is 527 g/mol. The number of nitro benzene ring substituents is 1. The van der Waals surface area contributed by atoms with Crippen molar-refractivity contribution in [2.75, 3.05) is 38.0 Å². The van der Waals surface area contributed by atoms with Crippen molar-refractivity contribution in [3.8, 4) is 0 Å². The molecule has 0 radical (unpaired) electrons. The van der Waals surface area contributed by atoms with Gasteiger partial charge in [-0.25, -0.2) is 4.79 Å². The molecule has 2 heterocycles. The van der Waals surface area contributed by atoms with Crippen LogP contribution >= 0.6 is 0 Å². The summed E-state index contributed by atoms with van der Waals surface area (Å²) in [4.78, 5) is 27.0. The Labute approximate surface area is 217 Å². The van der Waals surface area contributed by atoms with Gasteiger partial charge >= 0.3 is 12.2 Å². The second kappa shape index (κ2) is 12.8. The minimum atomic E-state index is -4.81. The van der Waals surface area contributed by atoms with E-state index in [1.54, 1.807) is 4.90 Å². The van der Waals surface area contributed by atoms with Crippen molar-refractivity contribution in [2.45, 2.75) is 83.5 Å². The number of nitrogens with zero attached hydrogens (tertiary/aromatic N) is 3. The van der Waals surface area contributed by atoms with Gasteiger partial charge in [0.25, 0.3) is 5.69 Å². The van der Waals surface area contributed by atoms with Crippen LogP contribution in [0, 0.1) is 16.0 Å². The lowest BCUT2D eigenvalue weighted by molar-refractivity contribution is -0.388. The van der Waals surface area contributed by atoms with Crippen molar-refractivity contribution in [3.63, 3.8) is 0 Å². The van der Waals surface area contributed by atoms with Crippen molar-refractivity contribution in [1.29, 1.82) is 0 Å². The van der Waals surface area contributed by atoms with Gasteiger partial charge in [0.05, 0.1) is 4.92 Å². The number of carbonyl (C=O) groups excluding carboxylic acids is 1. The zero-order valence-electron chi connectivity index (χ0n) is 20.6. The molecule has 37 heavy (non-hydrogen) atoms. The molecule has 0 aromatic heterocycles. The molecular weight excluding hydrogens is 487 g/mol. The minimum Gasteiger partial charge on any atom is -0.382 e. The number of piperidine rings is 2. The van der Waals surface area contributed by atoms with Gasteiger partial charge in [0.1, 0.15) is 5.56 Å². The van der Waals surface area contributed by atoms with Gasteiger partial charge in [0.2, 0.25) is 0 Å². The van der Waals surface area contributed by atoms with Gasteiger partial charge in [-0.2, -0.15) is 13.2 Å². The molecule has 0 spiro atoms. The fraction of sp³-hybridized carbons (Fsp3) is 0.731. The molecule has 0 atom stereocenters. The van der Waals surface area contributed by atoms with Gasteiger partial charge in [0, 0.05) is 43.5 Å². The van der Waals surface area contributed by atoms with E-state index in [1.807, 2.05) is 0 Å². The number of hydrogen-bond donors (Lipinski definition) is 2. The van der Waals surface area contributed by atoms with Crippen molar-refractivity contribution >= 4 is 17.4 Å². The molecule has 0 bridgehead atoms. The zero-order chi connectivity index (χ0) is 25.7. The van der Waals surface area contributed by atoms with Crippen LogP contribution in [0.2, 0.25) is 0 Å². The Morgan fingerprint density at radius 3 is 2.24 bits per heavy atom. The van der Waals surface area contributed by atoms with E-state index in [1.165, 1.54) is 38.2 Å². The summed E-state index contributed by atoms with van der Waals surface area (Å²) < 4.78 is 39.7. The standard InChI is InChI=1S/C25H36F3N5O3.CH4/c26-25(27,28)22-16-20(6-7-23(22)33(35)36)30-19-10-14-32(15-11-19)24(34)29-17-18-8-12-31(13-9-18)21-4-2-1-3-5-21;/h6-7,16,18-19,21,30H,1-5,8-15,17H2,(H,29,34);1H4. The molecule has 0 unspecified atom stereocenters. The van der Waals surface area contributed by atoms with Crippen molar-refractivity contribution in [1.82, 2.24) is 15.1 Å². The van der Waals surface area contributed by atoms with Gasteiger partial charge in [-0.05, 0) is 69.7 Å². The fourth-order valence-corrected chi connectivity index (χ4v) is 5.79. The van der Waals surface area contributed by atoms with Crippen LogP contribution in [0.15, 0.2) is 18.2 Å². The first-order valence-corrected chi connectivity index (χ1v) is 13.1. The normalized spacial score (nSPS) is 20.8. The van der Waals surface area contributed by atoms with Crippen LogP contribution in [0.4, 0.5) is 29.3 Å². The Kier molecular flexibility index (Phi) is 10.0. The maximum atomic E-state index is 13.2. The van der Waals surface area contributed by atoms with Crippen molar-refractivity contribution in [3.05, 3.63) is 33.9 Å². The van der Waals surface area contributed by atoms with Crippen LogP contribution in [0.5, 0.6) is 0 Å². The van der Waals surface area contributed by atoms with E-state index < -0.39 is 22.4 Å². The number of halogens is 3. The highest BCUT2D eigenvalue weighted by molar-refractivity contribution is 5.74. The van der Waals surface area contributed by atoms with Crippen LogP contribution < -0.4 is 10.6 Å². The van der Waals surface area contributed by atoms with Gasteiger partial charge in [-0.1, -0.05) is 26.7 Å². The van der Waals surface area contributed by atoms with Crippen LogP contribution in [0.3, 0.4) is 0 Å². The number of alkyl halides is 3. The van der Waals surface area contributed by atoms with E-state index >= 15 is 0 Å². The first-order chi connectivity index (χ1) is 17.2. The number of benzene rings is 1. The number of nitro groups is 1. The van der Waals surface area contributed by atoms with Crippen LogP contribution in [0.25, 0.3) is 0 Å². The molecule has 1 aliphatic carbocycles. The summed E-state index contributed by atoms with van der Waals surface area (Å²) in [5, 5.41) is 17.1. The Balaban J connectivity index is 0.00000380. The zero-order valence-corrected chi connectivity index (χ0v) is 20.6. The molecule has 4 rings (SSSR count). The number of urea groups is 1. The molecule has 2 saturated heterocycles. The molecule has 3 aliphatic rings. The lowest BCUT2D eigenvalue weighted by Gasteiger charge is -2.39. The predicted molar refractivity (Wildman–Crippen MR) is 138 cm³/mol. The van der Waals surface area contributed by atoms with E-state index in [4.69, 9.17) is 0 Å². The molecular formula is C26H40F3N5O3. The summed E-state index contributed by atoms with van der Waals surface area (Å²) in [6.45, 7) is 3.91. The number of anilines is 1. The first-order valence-electron chi connectivity index (χ1n) is 13.1. The highest BCUT2D eigenvalue weighted by atomic mass is 19.4. The molecule has 2 amide bonds. The quantitative estimate of drug-likeness (QED) is 0.356. The largest absolute Gasteiger partial charge is 0.423 e. The van der Waals surface area contributed by atoms with Gasteiger partial charge in [-0.15, -0.1) is 0 Å². The summed E-state index contributed by atoms with van der Waals surface area (Å²) in [6, 6.07) is 3.52. The molecule has 3 fully saturated rings. The molecule has 1 aromatic carbocycles. The van der Waals surface area contributed by atoms with E-state index in [0.717, 1.165) is 44.1 Å². The Bertz CT molecular complexity index is 907. The van der Waals surface area contributed by atoms with Crippen molar-refractivity contribution < 1.29 is 22.9 Å². The highest BCUT2D eigenvalue weighted by Gasteiger charge is 2.38. The molecule has 208 valence electrons. The second-order valence-electron chi connectivity index (χ2n) is 10.3. The van der Waals surface area contributed by atoms with Gasteiger partial charge < -0.3 is 20.4 Å². The van der Waals surface area contributed by atoms with Crippen LogP contribution in [-0.2, 0) is 6.18 Å². The molecule has 1 aromatic rings. The summed E-state index contributed by atoms with van der Waals surface area (Å²) in [5.41, 5.74) is -2.03. The molecule has 8 nitrogen and oxygen atoms in total. The van der Waals surface area contributed by atoms with Crippen LogP contribution in [-0.4, -0.2) is 65.6 Å². The molecule has 11 heteroatoms. The third-order valence-corrected chi connectivity index (χ3v) is 7.93. The van der Waals surface area contributed by atoms with Gasteiger partial charge in [-0.3, -0.25) is 10.1 Å². The summed E-state index contributed by atoms with van der Waals surface area (Å²) in [7, 11) is 0. The summed E-state index contributed by atoms with van der Waals surface area (Å²) >= 11 is 0. The first kappa shape index (κ1) is 29.0. The Morgan fingerprint density at radius 2 is 1.65 bits per heavy atom. The Hall–Kier alpha value is -2.56. The van der Waals surface area contributed by atoms with Gasteiger partial charge in [0.15, 0.2) is 0 Å². The third kappa shape index (κ3) is 7.72. The fourth-order valence-electron chi connectivity index (χ4n) is 5.79. The maximum Gasteiger partial charge on any atom is 0.423 e. The lowest BCUT2D eigenvalue weighted by atomic mass is 9.90. The number of hydrogen-bond acceptors (Lipinski definition) is 5. The molecule has 1 saturated carbocycles.